The molecule has 0 atom stereocenters. The molecular formula is C17H22N4O4. The molecule has 0 unspecified atom stereocenters. The largest absolute Gasteiger partial charge is 0.485 e. The van der Waals surface area contributed by atoms with E-state index in [1.54, 1.807) is 31.2 Å². The van der Waals surface area contributed by atoms with Crippen LogP contribution < -0.4 is 10.1 Å². The normalized spacial score (nSPS) is 10.4. The summed E-state index contributed by atoms with van der Waals surface area (Å²) in [6.07, 6.45) is 0. The third-order valence-corrected chi connectivity index (χ3v) is 3.42. The SMILES string of the molecule is CCNC(=O)CN(CC)C(=O)c1ccccc1OCc1noc(C)n1. The molecule has 2 amide bonds. The predicted molar refractivity (Wildman–Crippen MR) is 90.1 cm³/mol. The molecule has 0 radical (unpaired) electrons. The molecule has 1 aromatic carbocycles. The van der Waals surface area contributed by atoms with Gasteiger partial charge in [0.1, 0.15) is 5.75 Å². The van der Waals surface area contributed by atoms with Crippen LogP contribution in [-0.4, -0.2) is 46.5 Å². The number of likely N-dealkylation sites (N-methyl/N-ethyl adjacent to an activating group) is 2. The van der Waals surface area contributed by atoms with Crippen molar-refractivity contribution in [2.45, 2.75) is 27.4 Å². The van der Waals surface area contributed by atoms with Crippen LogP contribution >= 0.6 is 0 Å². The Morgan fingerprint density at radius 1 is 1.28 bits per heavy atom. The maximum absolute atomic E-state index is 12.8. The zero-order valence-corrected chi connectivity index (χ0v) is 14.6. The third-order valence-electron chi connectivity index (χ3n) is 3.42. The van der Waals surface area contributed by atoms with Gasteiger partial charge in [0.05, 0.1) is 12.1 Å². The summed E-state index contributed by atoms with van der Waals surface area (Å²) in [5, 5.41) is 6.45. The lowest BCUT2D eigenvalue weighted by molar-refractivity contribution is -0.121. The van der Waals surface area contributed by atoms with Gasteiger partial charge in [0.15, 0.2) is 6.61 Å². The first-order chi connectivity index (χ1) is 12.0. The summed E-state index contributed by atoms with van der Waals surface area (Å²) in [6, 6.07) is 6.88. The van der Waals surface area contributed by atoms with E-state index in [-0.39, 0.29) is 25.0 Å². The van der Waals surface area contributed by atoms with Gasteiger partial charge in [-0.3, -0.25) is 9.59 Å². The van der Waals surface area contributed by atoms with E-state index in [4.69, 9.17) is 9.26 Å². The van der Waals surface area contributed by atoms with E-state index in [0.29, 0.717) is 36.1 Å². The fourth-order valence-corrected chi connectivity index (χ4v) is 2.24. The van der Waals surface area contributed by atoms with Crippen LogP contribution in [0.1, 0.15) is 35.9 Å². The lowest BCUT2D eigenvalue weighted by atomic mass is 10.1. The van der Waals surface area contributed by atoms with Crippen LogP contribution in [0.15, 0.2) is 28.8 Å². The number of hydrogen-bond donors (Lipinski definition) is 1. The molecule has 0 aliphatic carbocycles. The Morgan fingerprint density at radius 2 is 2.04 bits per heavy atom. The first kappa shape index (κ1) is 18.4. The van der Waals surface area contributed by atoms with Gasteiger partial charge in [0.2, 0.25) is 17.6 Å². The maximum Gasteiger partial charge on any atom is 0.258 e. The topological polar surface area (TPSA) is 97.6 Å². The van der Waals surface area contributed by atoms with Crippen LogP contribution in [-0.2, 0) is 11.4 Å². The highest BCUT2D eigenvalue weighted by atomic mass is 16.5. The minimum Gasteiger partial charge on any atom is -0.485 e. The zero-order chi connectivity index (χ0) is 18.2. The number of carbonyl (C=O) groups is 2. The van der Waals surface area contributed by atoms with E-state index < -0.39 is 0 Å². The van der Waals surface area contributed by atoms with Gasteiger partial charge in [-0.25, -0.2) is 0 Å². The van der Waals surface area contributed by atoms with E-state index in [9.17, 15) is 9.59 Å². The summed E-state index contributed by atoms with van der Waals surface area (Å²) >= 11 is 0. The summed E-state index contributed by atoms with van der Waals surface area (Å²) in [4.78, 5) is 30.1. The second-order valence-corrected chi connectivity index (χ2v) is 5.29. The molecule has 0 saturated carbocycles. The average Bonchev–Trinajstić information content (AvgIpc) is 3.03. The van der Waals surface area contributed by atoms with Crippen molar-refractivity contribution >= 4 is 11.8 Å². The van der Waals surface area contributed by atoms with Crippen molar-refractivity contribution in [1.82, 2.24) is 20.4 Å². The van der Waals surface area contributed by atoms with E-state index >= 15 is 0 Å². The van der Waals surface area contributed by atoms with Gasteiger partial charge in [-0.2, -0.15) is 4.98 Å². The monoisotopic (exact) mass is 346 g/mol. The first-order valence-corrected chi connectivity index (χ1v) is 8.12. The van der Waals surface area contributed by atoms with Crippen LogP contribution in [0.25, 0.3) is 0 Å². The van der Waals surface area contributed by atoms with Crippen LogP contribution in [0.3, 0.4) is 0 Å². The molecule has 134 valence electrons. The number of nitrogens with one attached hydrogen (secondary N) is 1. The Hall–Kier alpha value is -2.90. The zero-order valence-electron chi connectivity index (χ0n) is 14.6. The van der Waals surface area contributed by atoms with E-state index in [1.807, 2.05) is 13.8 Å². The van der Waals surface area contributed by atoms with Gasteiger partial charge in [-0.15, -0.1) is 0 Å². The third kappa shape index (κ3) is 5.03. The maximum atomic E-state index is 12.8. The second-order valence-electron chi connectivity index (χ2n) is 5.29. The van der Waals surface area contributed by atoms with Crippen molar-refractivity contribution in [2.75, 3.05) is 19.6 Å². The number of hydrogen-bond acceptors (Lipinski definition) is 6. The number of carbonyl (C=O) groups excluding carboxylic acids is 2. The summed E-state index contributed by atoms with van der Waals surface area (Å²) in [5.74, 6) is 0.785. The van der Waals surface area contributed by atoms with Crippen LogP contribution in [0, 0.1) is 6.92 Å². The molecule has 0 aliphatic heterocycles. The highest BCUT2D eigenvalue weighted by Gasteiger charge is 2.20. The number of ether oxygens (including phenoxy) is 1. The Balaban J connectivity index is 2.11. The van der Waals surface area contributed by atoms with Gasteiger partial charge in [0, 0.05) is 20.0 Å². The molecule has 0 bridgehead atoms. The number of para-hydroxylation sites is 1. The summed E-state index contributed by atoms with van der Waals surface area (Å²) in [5.41, 5.74) is 0.383. The predicted octanol–water partition coefficient (Wildman–Crippen LogP) is 1.56. The van der Waals surface area contributed by atoms with Crippen LogP contribution in [0.2, 0.25) is 0 Å². The molecular weight excluding hydrogens is 324 g/mol. The average molecular weight is 346 g/mol. The van der Waals surface area contributed by atoms with Crippen LogP contribution in [0.4, 0.5) is 0 Å². The van der Waals surface area contributed by atoms with E-state index in [0.717, 1.165) is 0 Å². The lowest BCUT2D eigenvalue weighted by Crippen LogP contribution is -2.40. The van der Waals surface area contributed by atoms with Gasteiger partial charge >= 0.3 is 0 Å². The second kappa shape index (κ2) is 8.81. The molecule has 1 heterocycles. The van der Waals surface area contributed by atoms with Gasteiger partial charge in [0.25, 0.3) is 5.91 Å². The molecule has 0 spiro atoms. The van der Waals surface area contributed by atoms with Gasteiger partial charge < -0.3 is 19.5 Å². The number of amides is 2. The summed E-state index contributed by atoms with van der Waals surface area (Å²) in [7, 11) is 0. The van der Waals surface area contributed by atoms with Crippen molar-refractivity contribution in [3.8, 4) is 5.75 Å². The van der Waals surface area contributed by atoms with E-state index in [1.165, 1.54) is 4.90 Å². The van der Waals surface area contributed by atoms with E-state index in [2.05, 4.69) is 15.5 Å². The minimum atomic E-state index is -0.270. The fourth-order valence-electron chi connectivity index (χ4n) is 2.24. The molecule has 1 aromatic heterocycles. The quantitative estimate of drug-likeness (QED) is 0.779. The van der Waals surface area contributed by atoms with Crippen molar-refractivity contribution < 1.29 is 18.8 Å². The minimum absolute atomic E-state index is 0.00153. The fraction of sp³-hybridized carbons (Fsp3) is 0.412. The van der Waals surface area contributed by atoms with Crippen molar-refractivity contribution in [3.05, 3.63) is 41.5 Å². The molecule has 2 rings (SSSR count). The Labute approximate surface area is 146 Å². The number of rotatable bonds is 8. The molecule has 0 saturated heterocycles. The summed E-state index contributed by atoms with van der Waals surface area (Å²) in [6.45, 7) is 6.37. The Morgan fingerprint density at radius 3 is 2.68 bits per heavy atom. The molecule has 1 N–H and O–H groups in total. The number of aromatic nitrogens is 2. The van der Waals surface area contributed by atoms with Crippen molar-refractivity contribution in [2.24, 2.45) is 0 Å². The molecule has 8 nitrogen and oxygen atoms in total. The molecule has 0 fully saturated rings. The molecule has 8 heteroatoms. The smallest absolute Gasteiger partial charge is 0.258 e. The molecule has 25 heavy (non-hydrogen) atoms. The standard InChI is InChI=1S/C17H22N4O4/c1-4-18-16(22)10-21(5-2)17(23)13-8-6-7-9-14(13)24-11-15-19-12(3)25-20-15/h6-9H,4-5,10-11H2,1-3H3,(H,18,22). The molecule has 2 aromatic rings. The highest BCUT2D eigenvalue weighted by Crippen LogP contribution is 2.21. The number of benzene rings is 1. The lowest BCUT2D eigenvalue weighted by Gasteiger charge is -2.21. The Bertz CT molecular complexity index is 729. The van der Waals surface area contributed by atoms with Crippen LogP contribution in [0.5, 0.6) is 5.75 Å². The van der Waals surface area contributed by atoms with Gasteiger partial charge in [-0.1, -0.05) is 17.3 Å². The number of aryl methyl sites for hydroxylation is 1. The number of nitrogens with zero attached hydrogens (tertiary/aromatic N) is 3. The van der Waals surface area contributed by atoms with Crippen molar-refractivity contribution in [1.29, 1.82) is 0 Å². The van der Waals surface area contributed by atoms with Crippen molar-refractivity contribution in [3.63, 3.8) is 0 Å². The first-order valence-electron chi connectivity index (χ1n) is 8.12. The Kier molecular flexibility index (Phi) is 6.50. The highest BCUT2D eigenvalue weighted by molar-refractivity contribution is 5.98. The molecule has 0 aliphatic rings. The summed E-state index contributed by atoms with van der Waals surface area (Å²) < 4.78 is 10.6. The van der Waals surface area contributed by atoms with Gasteiger partial charge in [-0.05, 0) is 26.0 Å².